The molecule has 0 bridgehead atoms. The van der Waals surface area contributed by atoms with E-state index in [-0.39, 0.29) is 42.5 Å². The number of amides is 1. The monoisotopic (exact) mass is 371 g/mol. The zero-order valence-corrected chi connectivity index (χ0v) is 15.9. The summed E-state index contributed by atoms with van der Waals surface area (Å²) in [6.45, 7) is 3.74. The highest BCUT2D eigenvalue weighted by molar-refractivity contribution is 5.96. The van der Waals surface area contributed by atoms with Crippen LogP contribution in [0.5, 0.6) is 0 Å². The number of carbonyl (C=O) groups excluding carboxylic acids is 3. The fourth-order valence-corrected chi connectivity index (χ4v) is 4.35. The number of hydrogen-bond acceptors (Lipinski definition) is 5. The number of benzene rings is 1. The second kappa shape index (κ2) is 7.55. The Bertz CT molecular complexity index is 800. The summed E-state index contributed by atoms with van der Waals surface area (Å²) in [5.41, 5.74) is 1.90. The van der Waals surface area contributed by atoms with Crippen molar-refractivity contribution in [2.45, 2.75) is 32.6 Å². The molecule has 144 valence electrons. The summed E-state index contributed by atoms with van der Waals surface area (Å²) in [4.78, 5) is 36.5. The van der Waals surface area contributed by atoms with Gasteiger partial charge in [0.05, 0.1) is 19.6 Å². The van der Waals surface area contributed by atoms with Gasteiger partial charge in [0.2, 0.25) is 5.91 Å². The van der Waals surface area contributed by atoms with Crippen molar-refractivity contribution in [3.63, 3.8) is 0 Å². The number of ether oxygens (including phenoxy) is 2. The molecule has 1 amide bonds. The molecular formula is C21H25NO5. The minimum absolute atomic E-state index is 0.0469. The Morgan fingerprint density at radius 1 is 1.30 bits per heavy atom. The largest absolute Gasteiger partial charge is 0.493 e. The van der Waals surface area contributed by atoms with E-state index in [4.69, 9.17) is 9.47 Å². The van der Waals surface area contributed by atoms with E-state index >= 15 is 0 Å². The van der Waals surface area contributed by atoms with Crippen molar-refractivity contribution in [3.05, 3.63) is 47.2 Å². The molecule has 6 nitrogen and oxygen atoms in total. The standard InChI is InChI=1S/C21H25NO5/c1-13(23)27-9-8-22-20(25)17-11-19(26-3)18(24)10-16-15-7-5-4-6-14(15)12-21(16,17)2/h4-7,11,16-17H,8-10,12H2,1-3H3,(H,22,25)/t16-,17+,21-/m0/s1. The highest BCUT2D eigenvalue weighted by atomic mass is 16.5. The lowest BCUT2D eigenvalue weighted by molar-refractivity contribution is -0.141. The number of hydrogen-bond donors (Lipinski definition) is 1. The normalized spacial score (nSPS) is 26.3. The van der Waals surface area contributed by atoms with E-state index in [9.17, 15) is 14.4 Å². The zero-order valence-electron chi connectivity index (χ0n) is 15.9. The van der Waals surface area contributed by atoms with Gasteiger partial charge in [0.1, 0.15) is 6.61 Å². The first kappa shape index (κ1) is 19.1. The third-order valence-corrected chi connectivity index (χ3v) is 5.70. The Morgan fingerprint density at radius 2 is 2.04 bits per heavy atom. The van der Waals surface area contributed by atoms with Crippen LogP contribution in [0.1, 0.15) is 37.3 Å². The number of carbonyl (C=O) groups is 3. The molecule has 1 N–H and O–H groups in total. The summed E-state index contributed by atoms with van der Waals surface area (Å²) >= 11 is 0. The van der Waals surface area contributed by atoms with Gasteiger partial charge < -0.3 is 14.8 Å². The molecule has 1 aromatic carbocycles. The molecule has 0 spiro atoms. The number of nitrogens with one attached hydrogen (secondary N) is 1. The van der Waals surface area contributed by atoms with E-state index in [1.807, 2.05) is 18.2 Å². The van der Waals surface area contributed by atoms with E-state index in [0.29, 0.717) is 6.42 Å². The lowest BCUT2D eigenvalue weighted by atomic mass is 9.67. The van der Waals surface area contributed by atoms with Crippen LogP contribution in [0.3, 0.4) is 0 Å². The number of methoxy groups -OCH3 is 1. The summed E-state index contributed by atoms with van der Waals surface area (Å²) in [6, 6.07) is 8.07. The number of Topliss-reactive ketones (excluding diaryl/α,β-unsaturated/α-hetero) is 1. The van der Waals surface area contributed by atoms with Crippen molar-refractivity contribution < 1.29 is 23.9 Å². The molecule has 3 rings (SSSR count). The molecule has 6 heteroatoms. The van der Waals surface area contributed by atoms with Gasteiger partial charge in [0.25, 0.3) is 0 Å². The molecule has 27 heavy (non-hydrogen) atoms. The highest BCUT2D eigenvalue weighted by Gasteiger charge is 2.52. The highest BCUT2D eigenvalue weighted by Crippen LogP contribution is 2.55. The molecule has 0 radical (unpaired) electrons. The molecule has 0 saturated carbocycles. The lowest BCUT2D eigenvalue weighted by Gasteiger charge is -2.35. The Hall–Kier alpha value is -2.63. The predicted octanol–water partition coefficient (Wildman–Crippen LogP) is 2.13. The molecule has 1 aromatic rings. The molecule has 3 atom stereocenters. The van der Waals surface area contributed by atoms with Crippen molar-refractivity contribution in [1.82, 2.24) is 5.32 Å². The average molecular weight is 371 g/mol. The minimum atomic E-state index is -0.520. The van der Waals surface area contributed by atoms with Crippen LogP contribution in [0.25, 0.3) is 0 Å². The summed E-state index contributed by atoms with van der Waals surface area (Å²) < 4.78 is 10.2. The number of ketones is 1. The molecule has 0 fully saturated rings. The van der Waals surface area contributed by atoms with Gasteiger partial charge in [-0.25, -0.2) is 0 Å². The molecule has 0 saturated heterocycles. The van der Waals surface area contributed by atoms with Crippen LogP contribution in [0, 0.1) is 11.3 Å². The summed E-state index contributed by atoms with van der Waals surface area (Å²) in [7, 11) is 1.46. The van der Waals surface area contributed by atoms with E-state index in [1.165, 1.54) is 19.6 Å². The number of fused-ring (bicyclic) bond motifs is 3. The summed E-state index contributed by atoms with van der Waals surface area (Å²) in [6.07, 6.45) is 2.70. The van der Waals surface area contributed by atoms with Crippen molar-refractivity contribution in [1.29, 1.82) is 0 Å². The van der Waals surface area contributed by atoms with Gasteiger partial charge in [-0.15, -0.1) is 0 Å². The number of allylic oxidation sites excluding steroid dienone is 1. The lowest BCUT2D eigenvalue weighted by Crippen LogP contribution is -2.42. The minimum Gasteiger partial charge on any atom is -0.493 e. The van der Waals surface area contributed by atoms with Crippen LogP contribution in [-0.4, -0.2) is 37.9 Å². The molecule has 2 aliphatic rings. The Kier molecular flexibility index (Phi) is 5.35. The molecule has 0 unspecified atom stereocenters. The summed E-state index contributed by atoms with van der Waals surface area (Å²) in [5.74, 6) is -0.984. The van der Waals surface area contributed by atoms with Gasteiger partial charge in [-0.2, -0.15) is 0 Å². The predicted molar refractivity (Wildman–Crippen MR) is 98.8 cm³/mol. The quantitative estimate of drug-likeness (QED) is 0.633. The van der Waals surface area contributed by atoms with Crippen molar-refractivity contribution >= 4 is 17.7 Å². The topological polar surface area (TPSA) is 81.7 Å². The average Bonchev–Trinajstić information content (AvgIpc) is 2.85. The number of esters is 1. The maximum Gasteiger partial charge on any atom is 0.302 e. The van der Waals surface area contributed by atoms with Gasteiger partial charge in [0, 0.05) is 13.3 Å². The summed E-state index contributed by atoms with van der Waals surface area (Å²) in [5, 5.41) is 2.83. The van der Waals surface area contributed by atoms with Crippen LogP contribution in [0.15, 0.2) is 36.1 Å². The molecule has 0 aliphatic heterocycles. The zero-order chi connectivity index (χ0) is 19.6. The fraction of sp³-hybridized carbons (Fsp3) is 0.476. The Morgan fingerprint density at radius 3 is 2.74 bits per heavy atom. The van der Waals surface area contributed by atoms with Gasteiger partial charge in [-0.1, -0.05) is 31.2 Å². The van der Waals surface area contributed by atoms with Crippen LogP contribution in [0.2, 0.25) is 0 Å². The Balaban J connectivity index is 1.89. The molecular weight excluding hydrogens is 346 g/mol. The van der Waals surface area contributed by atoms with Crippen molar-refractivity contribution in [2.75, 3.05) is 20.3 Å². The molecule has 0 aromatic heterocycles. The van der Waals surface area contributed by atoms with E-state index < -0.39 is 11.3 Å². The fourth-order valence-electron chi connectivity index (χ4n) is 4.35. The molecule has 2 aliphatic carbocycles. The SMILES string of the molecule is COC1=C[C@H](C(=O)NCCOC(C)=O)[C@@]2(C)Cc3ccccc3[C@@H]2CC1=O. The van der Waals surface area contributed by atoms with Crippen LogP contribution in [-0.2, 0) is 30.3 Å². The van der Waals surface area contributed by atoms with E-state index in [0.717, 1.165) is 12.0 Å². The first-order valence-corrected chi connectivity index (χ1v) is 9.14. The van der Waals surface area contributed by atoms with Gasteiger partial charge in [-0.05, 0) is 35.0 Å². The van der Waals surface area contributed by atoms with Gasteiger partial charge in [0.15, 0.2) is 11.5 Å². The van der Waals surface area contributed by atoms with Crippen LogP contribution in [0.4, 0.5) is 0 Å². The molecule has 0 heterocycles. The van der Waals surface area contributed by atoms with E-state index in [1.54, 1.807) is 6.08 Å². The van der Waals surface area contributed by atoms with Crippen molar-refractivity contribution in [3.8, 4) is 0 Å². The smallest absolute Gasteiger partial charge is 0.302 e. The second-order valence-electron chi connectivity index (χ2n) is 7.41. The van der Waals surface area contributed by atoms with Crippen LogP contribution >= 0.6 is 0 Å². The van der Waals surface area contributed by atoms with Crippen LogP contribution < -0.4 is 5.32 Å². The number of rotatable bonds is 5. The van der Waals surface area contributed by atoms with Gasteiger partial charge >= 0.3 is 5.97 Å². The van der Waals surface area contributed by atoms with Gasteiger partial charge in [-0.3, -0.25) is 14.4 Å². The Labute approximate surface area is 158 Å². The third-order valence-electron chi connectivity index (χ3n) is 5.70. The third kappa shape index (κ3) is 3.61. The first-order valence-electron chi connectivity index (χ1n) is 9.14. The second-order valence-corrected chi connectivity index (χ2v) is 7.41. The first-order chi connectivity index (χ1) is 12.9. The van der Waals surface area contributed by atoms with E-state index in [2.05, 4.69) is 18.3 Å². The maximum absolute atomic E-state index is 13.0. The van der Waals surface area contributed by atoms with Crippen molar-refractivity contribution in [2.24, 2.45) is 11.3 Å². The maximum atomic E-state index is 13.0.